The summed E-state index contributed by atoms with van der Waals surface area (Å²) in [6.45, 7) is 1.18. The van der Waals surface area contributed by atoms with Crippen molar-refractivity contribution in [1.29, 1.82) is 0 Å². The third-order valence-corrected chi connectivity index (χ3v) is 7.86. The average Bonchev–Trinajstić information content (AvgIpc) is 3.00. The van der Waals surface area contributed by atoms with E-state index in [0.29, 0.717) is 25.0 Å². The number of carboxylic acid groups (broad SMARTS) is 1. The lowest BCUT2D eigenvalue weighted by molar-refractivity contribution is -0.138. The third-order valence-electron chi connectivity index (χ3n) is 7.86. The van der Waals surface area contributed by atoms with Crippen molar-refractivity contribution in [3.8, 4) is 11.9 Å². The van der Waals surface area contributed by atoms with Crippen LogP contribution in [0.5, 0.6) is 11.9 Å². The Bertz CT molecular complexity index is 1090. The van der Waals surface area contributed by atoms with Crippen LogP contribution in [0.1, 0.15) is 79.6 Å². The maximum absolute atomic E-state index is 13.4. The molecule has 0 unspecified atom stereocenters. The molecule has 5 rings (SSSR count). The summed E-state index contributed by atoms with van der Waals surface area (Å²) in [6.07, 6.45) is 8.85. The molecule has 2 aromatic rings. The van der Waals surface area contributed by atoms with E-state index in [1.54, 1.807) is 4.90 Å². The van der Waals surface area contributed by atoms with Crippen LogP contribution < -0.4 is 20.1 Å². The van der Waals surface area contributed by atoms with Crippen molar-refractivity contribution >= 4 is 23.4 Å². The quantitative estimate of drug-likeness (QED) is 0.552. The molecule has 0 bridgehead atoms. The Kier molecular flexibility index (Phi) is 7.25. The predicted molar refractivity (Wildman–Crippen MR) is 134 cm³/mol. The molecule has 1 amide bonds. The lowest BCUT2D eigenvalue weighted by Gasteiger charge is -2.28. The Morgan fingerprint density at radius 2 is 1.83 bits per heavy atom. The number of fused-ring (bicyclic) bond motifs is 1. The fourth-order valence-electron chi connectivity index (χ4n) is 5.49. The maximum atomic E-state index is 13.4. The largest absolute Gasteiger partial charge is 0.481 e. The highest BCUT2D eigenvalue weighted by Gasteiger charge is 2.31. The van der Waals surface area contributed by atoms with Crippen LogP contribution in [0.15, 0.2) is 24.3 Å². The summed E-state index contributed by atoms with van der Waals surface area (Å²) in [6, 6.07) is 8.19. The van der Waals surface area contributed by atoms with Gasteiger partial charge in [-0.1, -0.05) is 31.4 Å². The minimum Gasteiger partial charge on any atom is -0.481 e. The lowest BCUT2D eigenvalue weighted by Crippen LogP contribution is -2.32. The number of hydrogen-bond donors (Lipinski definition) is 2. The van der Waals surface area contributed by atoms with Crippen LogP contribution in [0.25, 0.3) is 0 Å². The van der Waals surface area contributed by atoms with E-state index >= 15 is 0 Å². The zero-order chi connectivity index (χ0) is 25.1. The Hall–Kier alpha value is -3.36. The molecule has 0 atom stereocenters. The lowest BCUT2D eigenvalue weighted by atomic mass is 9.77. The highest BCUT2D eigenvalue weighted by Crippen LogP contribution is 2.38. The maximum Gasteiger partial charge on any atom is 0.321 e. The zero-order valence-corrected chi connectivity index (χ0v) is 20.5. The molecule has 2 heterocycles. The van der Waals surface area contributed by atoms with Gasteiger partial charge < -0.3 is 25.2 Å². The summed E-state index contributed by atoms with van der Waals surface area (Å²) in [5, 5.41) is 9.04. The Labute approximate surface area is 211 Å². The van der Waals surface area contributed by atoms with Gasteiger partial charge in [-0.2, -0.15) is 9.97 Å². The summed E-state index contributed by atoms with van der Waals surface area (Å²) >= 11 is 0. The van der Waals surface area contributed by atoms with Crippen LogP contribution in [0, 0.1) is 11.8 Å². The van der Waals surface area contributed by atoms with Gasteiger partial charge in [0.2, 0.25) is 5.88 Å². The monoisotopic (exact) mass is 494 g/mol. The number of benzene rings is 1. The van der Waals surface area contributed by atoms with E-state index in [1.807, 2.05) is 12.1 Å². The highest BCUT2D eigenvalue weighted by molar-refractivity contribution is 6.10. The summed E-state index contributed by atoms with van der Waals surface area (Å²) in [5.41, 5.74) is 8.33. The fraction of sp³-hybridized carbons (Fsp3) is 0.556. The zero-order valence-electron chi connectivity index (χ0n) is 20.5. The number of hydrogen-bond acceptors (Lipinski definition) is 7. The van der Waals surface area contributed by atoms with Gasteiger partial charge in [-0.3, -0.25) is 9.59 Å². The Balaban J connectivity index is 1.24. The van der Waals surface area contributed by atoms with Crippen LogP contribution >= 0.6 is 0 Å². The van der Waals surface area contributed by atoms with Gasteiger partial charge in [-0.15, -0.1) is 0 Å². The number of nitrogens with two attached hydrogens (primary N) is 1. The van der Waals surface area contributed by atoms with Crippen LogP contribution in [-0.2, 0) is 4.79 Å². The van der Waals surface area contributed by atoms with Crippen molar-refractivity contribution < 1.29 is 24.2 Å². The van der Waals surface area contributed by atoms with Gasteiger partial charge in [0.05, 0.1) is 13.2 Å². The topological polar surface area (TPSA) is 128 Å². The van der Waals surface area contributed by atoms with Crippen molar-refractivity contribution in [3.63, 3.8) is 0 Å². The summed E-state index contributed by atoms with van der Waals surface area (Å²) in [5.74, 6) is 0.632. The molecule has 0 saturated heterocycles. The number of aliphatic carboxylic acids is 1. The van der Waals surface area contributed by atoms with Crippen LogP contribution in [0.3, 0.4) is 0 Å². The second kappa shape index (κ2) is 10.7. The standard InChI is InChI=1S/C27H34N4O5/c28-24-23-25(30-27(29-24)36-14-12-17-2-1-3-17)35-15-13-31(26(23)34)21-10-8-20(9-11-21)19-6-4-18(5-7-19)16-22(32)33/h8-11,17-19H,1-7,12-16H2,(H,32,33)(H2,28,29,30). The molecule has 3 aliphatic rings. The number of amides is 1. The molecule has 1 aromatic heterocycles. The number of carboxylic acids is 1. The number of nitrogens with zero attached hydrogens (tertiary/aromatic N) is 3. The van der Waals surface area contributed by atoms with Crippen LogP contribution in [0.4, 0.5) is 11.5 Å². The number of anilines is 2. The first-order valence-corrected chi connectivity index (χ1v) is 13.0. The first-order chi connectivity index (χ1) is 17.5. The molecule has 9 heteroatoms. The number of carbonyl (C=O) groups excluding carboxylic acids is 1. The van der Waals surface area contributed by atoms with E-state index in [-0.39, 0.29) is 48.1 Å². The fourth-order valence-corrected chi connectivity index (χ4v) is 5.49. The molecular formula is C27H34N4O5. The van der Waals surface area contributed by atoms with Gasteiger partial charge in [0.25, 0.3) is 5.91 Å². The first kappa shape index (κ1) is 24.3. The normalized spacial score (nSPS) is 22.2. The minimum absolute atomic E-state index is 0.0604. The second-order valence-corrected chi connectivity index (χ2v) is 10.2. The van der Waals surface area contributed by atoms with Gasteiger partial charge in [0.15, 0.2) is 0 Å². The molecule has 2 saturated carbocycles. The molecule has 2 fully saturated rings. The molecule has 1 aromatic carbocycles. The van der Waals surface area contributed by atoms with Crippen molar-refractivity contribution in [2.75, 3.05) is 30.4 Å². The first-order valence-electron chi connectivity index (χ1n) is 13.0. The molecule has 36 heavy (non-hydrogen) atoms. The van der Waals surface area contributed by atoms with Crippen molar-refractivity contribution in [1.82, 2.24) is 9.97 Å². The van der Waals surface area contributed by atoms with E-state index in [4.69, 9.17) is 20.3 Å². The smallest absolute Gasteiger partial charge is 0.321 e. The SMILES string of the molecule is Nc1nc(OCCC2CCC2)nc2c1C(=O)N(c1ccc(C3CCC(CC(=O)O)CC3)cc1)CCO2. The third kappa shape index (κ3) is 5.39. The number of rotatable bonds is 8. The molecule has 0 spiro atoms. The van der Waals surface area contributed by atoms with Crippen molar-refractivity contribution in [2.24, 2.45) is 11.8 Å². The number of nitrogen functional groups attached to an aromatic ring is 1. The predicted octanol–water partition coefficient (Wildman–Crippen LogP) is 4.42. The summed E-state index contributed by atoms with van der Waals surface area (Å²) in [7, 11) is 0. The van der Waals surface area contributed by atoms with Crippen LogP contribution in [-0.4, -0.2) is 46.7 Å². The molecule has 192 valence electrons. The van der Waals surface area contributed by atoms with Gasteiger partial charge in [-0.25, -0.2) is 0 Å². The van der Waals surface area contributed by atoms with E-state index in [1.165, 1.54) is 24.8 Å². The Morgan fingerprint density at radius 3 is 2.50 bits per heavy atom. The number of aromatic nitrogens is 2. The molecule has 9 nitrogen and oxygen atoms in total. The van der Waals surface area contributed by atoms with Gasteiger partial charge in [0.1, 0.15) is 18.0 Å². The summed E-state index contributed by atoms with van der Waals surface area (Å²) in [4.78, 5) is 34.6. The number of carbonyl (C=O) groups is 2. The number of ether oxygens (including phenoxy) is 2. The van der Waals surface area contributed by atoms with Gasteiger partial charge >= 0.3 is 12.0 Å². The van der Waals surface area contributed by atoms with Crippen molar-refractivity contribution in [2.45, 2.75) is 63.7 Å². The molecule has 3 N–H and O–H groups in total. The van der Waals surface area contributed by atoms with Gasteiger partial charge in [-0.05, 0) is 67.6 Å². The van der Waals surface area contributed by atoms with E-state index in [2.05, 4.69) is 22.1 Å². The second-order valence-electron chi connectivity index (χ2n) is 10.2. The summed E-state index contributed by atoms with van der Waals surface area (Å²) < 4.78 is 11.5. The molecule has 1 aliphatic heterocycles. The average molecular weight is 495 g/mol. The molecule has 2 aliphatic carbocycles. The minimum atomic E-state index is -0.714. The van der Waals surface area contributed by atoms with E-state index < -0.39 is 5.97 Å². The Morgan fingerprint density at radius 1 is 1.08 bits per heavy atom. The van der Waals surface area contributed by atoms with Crippen LogP contribution in [0.2, 0.25) is 0 Å². The van der Waals surface area contributed by atoms with Crippen molar-refractivity contribution in [3.05, 3.63) is 35.4 Å². The molecular weight excluding hydrogens is 460 g/mol. The van der Waals surface area contributed by atoms with E-state index in [9.17, 15) is 9.59 Å². The highest BCUT2D eigenvalue weighted by atomic mass is 16.5. The molecule has 0 radical (unpaired) electrons. The van der Waals surface area contributed by atoms with Gasteiger partial charge in [0, 0.05) is 12.1 Å². The van der Waals surface area contributed by atoms with E-state index in [0.717, 1.165) is 37.8 Å².